The summed E-state index contributed by atoms with van der Waals surface area (Å²) in [6.45, 7) is 0.0120. The number of carbonyl (C=O) groups is 2. The van der Waals surface area contributed by atoms with Gasteiger partial charge in [0.2, 0.25) is 5.91 Å². The third-order valence-corrected chi connectivity index (χ3v) is 3.27. The van der Waals surface area contributed by atoms with Crippen molar-refractivity contribution in [3.05, 3.63) is 23.9 Å². The van der Waals surface area contributed by atoms with Crippen LogP contribution in [0.2, 0.25) is 0 Å². The average Bonchev–Trinajstić information content (AvgIpc) is 3.19. The molecule has 2 N–H and O–H groups in total. The normalized spacial score (nSPS) is 14.1. The molecule has 0 aromatic carbocycles. The number of hydrogen-bond donors (Lipinski definition) is 2. The molecule has 0 bridgehead atoms. The number of carbonyl (C=O) groups excluding carboxylic acids is 2. The van der Waals surface area contributed by atoms with Gasteiger partial charge in [-0.05, 0) is 31.2 Å². The quantitative estimate of drug-likeness (QED) is 0.773. The molecule has 1 fully saturated rings. The number of hydrogen-bond acceptors (Lipinski definition) is 4. The van der Waals surface area contributed by atoms with Gasteiger partial charge in [0.05, 0.1) is 12.1 Å². The summed E-state index contributed by atoms with van der Waals surface area (Å²) in [5.74, 6) is -0.404. The summed E-state index contributed by atoms with van der Waals surface area (Å²) in [6.07, 6.45) is 5.58. The number of nitrogens with zero attached hydrogens (tertiary/aromatic N) is 1. The van der Waals surface area contributed by atoms with Crippen LogP contribution in [0.25, 0.3) is 0 Å². The second kappa shape index (κ2) is 5.86. The van der Waals surface area contributed by atoms with Crippen molar-refractivity contribution in [1.82, 2.24) is 15.6 Å². The van der Waals surface area contributed by atoms with Gasteiger partial charge in [0.15, 0.2) is 0 Å². The molecule has 18 heavy (non-hydrogen) atoms. The van der Waals surface area contributed by atoms with E-state index < -0.39 is 0 Å². The second-order valence-electron chi connectivity index (χ2n) is 4.08. The van der Waals surface area contributed by atoms with E-state index in [0.717, 1.165) is 12.8 Å². The number of nitrogens with one attached hydrogen (secondary N) is 2. The molecule has 2 rings (SSSR count). The molecule has 1 aromatic rings. The van der Waals surface area contributed by atoms with Crippen molar-refractivity contribution in [2.24, 2.45) is 0 Å². The number of amides is 2. The third kappa shape index (κ3) is 3.46. The maximum absolute atomic E-state index is 11.9. The van der Waals surface area contributed by atoms with Crippen molar-refractivity contribution in [3.63, 3.8) is 0 Å². The minimum atomic E-state index is -0.265. The zero-order valence-electron chi connectivity index (χ0n) is 10.1. The van der Waals surface area contributed by atoms with Crippen molar-refractivity contribution < 1.29 is 9.59 Å². The molecule has 1 saturated carbocycles. The molecule has 6 heteroatoms. The Morgan fingerprint density at radius 1 is 1.50 bits per heavy atom. The van der Waals surface area contributed by atoms with Gasteiger partial charge in [-0.15, -0.1) is 11.8 Å². The summed E-state index contributed by atoms with van der Waals surface area (Å²) in [4.78, 5) is 27.4. The fourth-order valence-electron chi connectivity index (χ4n) is 1.49. The largest absolute Gasteiger partial charge is 0.352 e. The minimum absolute atomic E-state index is 0.0120. The lowest BCUT2D eigenvalue weighted by Crippen LogP contribution is -2.38. The van der Waals surface area contributed by atoms with Crippen LogP contribution in [0.5, 0.6) is 0 Å². The van der Waals surface area contributed by atoms with Gasteiger partial charge in [-0.2, -0.15) is 0 Å². The van der Waals surface area contributed by atoms with E-state index in [1.165, 1.54) is 11.8 Å². The second-order valence-corrected chi connectivity index (χ2v) is 4.88. The molecule has 2 amide bonds. The minimum Gasteiger partial charge on any atom is -0.352 e. The molecule has 0 radical (unpaired) electrons. The summed E-state index contributed by atoms with van der Waals surface area (Å²) >= 11 is 1.41. The zero-order chi connectivity index (χ0) is 13.0. The van der Waals surface area contributed by atoms with Crippen molar-refractivity contribution in [2.45, 2.75) is 23.9 Å². The van der Waals surface area contributed by atoms with Crippen molar-refractivity contribution in [2.75, 3.05) is 12.8 Å². The van der Waals surface area contributed by atoms with E-state index in [1.54, 1.807) is 18.3 Å². The lowest BCUT2D eigenvalue weighted by Gasteiger charge is -2.07. The van der Waals surface area contributed by atoms with Gasteiger partial charge < -0.3 is 10.6 Å². The molecule has 0 aliphatic heterocycles. The lowest BCUT2D eigenvalue weighted by molar-refractivity contribution is -0.120. The molecule has 5 nitrogen and oxygen atoms in total. The lowest BCUT2D eigenvalue weighted by atomic mass is 10.2. The summed E-state index contributed by atoms with van der Waals surface area (Å²) in [5.41, 5.74) is 0.504. The summed E-state index contributed by atoms with van der Waals surface area (Å²) in [5, 5.41) is 6.08. The van der Waals surface area contributed by atoms with Crippen LogP contribution < -0.4 is 10.6 Å². The van der Waals surface area contributed by atoms with Gasteiger partial charge in [0.25, 0.3) is 5.91 Å². The van der Waals surface area contributed by atoms with Crippen molar-refractivity contribution >= 4 is 23.6 Å². The topological polar surface area (TPSA) is 71.1 Å². The third-order valence-electron chi connectivity index (χ3n) is 2.56. The highest BCUT2D eigenvalue weighted by molar-refractivity contribution is 7.98. The number of aromatic nitrogens is 1. The first kappa shape index (κ1) is 12.9. The van der Waals surface area contributed by atoms with Crippen LogP contribution >= 0.6 is 11.8 Å². The van der Waals surface area contributed by atoms with E-state index >= 15 is 0 Å². The van der Waals surface area contributed by atoms with E-state index in [-0.39, 0.29) is 18.4 Å². The summed E-state index contributed by atoms with van der Waals surface area (Å²) in [7, 11) is 0. The van der Waals surface area contributed by atoms with Crippen LogP contribution in [-0.2, 0) is 4.79 Å². The standard InChI is InChI=1S/C12H15N3O2S/c1-18-12-9(3-2-6-13-12)11(17)14-7-10(16)15-8-4-5-8/h2-3,6,8H,4-5,7H2,1H3,(H,14,17)(H,15,16). The average molecular weight is 265 g/mol. The summed E-state index contributed by atoms with van der Waals surface area (Å²) in [6, 6.07) is 3.72. The van der Waals surface area contributed by atoms with Crippen LogP contribution in [0.15, 0.2) is 23.4 Å². The first-order valence-electron chi connectivity index (χ1n) is 5.77. The fraction of sp³-hybridized carbons (Fsp3) is 0.417. The Hall–Kier alpha value is -1.56. The molecule has 96 valence electrons. The molecular weight excluding hydrogens is 250 g/mol. The molecule has 0 unspecified atom stereocenters. The van der Waals surface area contributed by atoms with E-state index in [0.29, 0.717) is 16.6 Å². The molecule has 1 aliphatic carbocycles. The fourth-order valence-corrected chi connectivity index (χ4v) is 2.04. The Morgan fingerprint density at radius 2 is 2.28 bits per heavy atom. The van der Waals surface area contributed by atoms with E-state index in [2.05, 4.69) is 15.6 Å². The van der Waals surface area contributed by atoms with Crippen LogP contribution in [-0.4, -0.2) is 35.6 Å². The number of pyridine rings is 1. The Morgan fingerprint density at radius 3 is 2.94 bits per heavy atom. The molecule has 1 heterocycles. The van der Waals surface area contributed by atoms with E-state index in [9.17, 15) is 9.59 Å². The Kier molecular flexibility index (Phi) is 4.19. The van der Waals surface area contributed by atoms with Gasteiger partial charge >= 0.3 is 0 Å². The molecule has 0 saturated heterocycles. The Balaban J connectivity index is 1.88. The van der Waals surface area contributed by atoms with E-state index in [1.807, 2.05) is 6.26 Å². The molecular formula is C12H15N3O2S. The van der Waals surface area contributed by atoms with E-state index in [4.69, 9.17) is 0 Å². The summed E-state index contributed by atoms with van der Waals surface area (Å²) < 4.78 is 0. The van der Waals surface area contributed by atoms with Crippen molar-refractivity contribution in [1.29, 1.82) is 0 Å². The van der Waals surface area contributed by atoms with Crippen LogP contribution in [0, 0.1) is 0 Å². The molecule has 1 aliphatic rings. The molecule has 1 aromatic heterocycles. The highest BCUT2D eigenvalue weighted by Gasteiger charge is 2.23. The predicted octanol–water partition coefficient (Wildman–Crippen LogP) is 0.812. The monoisotopic (exact) mass is 265 g/mol. The maximum atomic E-state index is 11.9. The van der Waals surface area contributed by atoms with Gasteiger partial charge in [-0.25, -0.2) is 4.98 Å². The highest BCUT2D eigenvalue weighted by Crippen LogP contribution is 2.18. The van der Waals surface area contributed by atoms with Crippen LogP contribution in [0.3, 0.4) is 0 Å². The SMILES string of the molecule is CSc1ncccc1C(=O)NCC(=O)NC1CC1. The number of rotatable bonds is 5. The van der Waals surface area contributed by atoms with Crippen molar-refractivity contribution in [3.8, 4) is 0 Å². The van der Waals surface area contributed by atoms with Crippen LogP contribution in [0.1, 0.15) is 23.2 Å². The van der Waals surface area contributed by atoms with Gasteiger partial charge in [-0.3, -0.25) is 9.59 Å². The first-order valence-corrected chi connectivity index (χ1v) is 6.99. The maximum Gasteiger partial charge on any atom is 0.254 e. The Labute approximate surface area is 110 Å². The molecule has 0 atom stereocenters. The molecule has 0 spiro atoms. The Bertz CT molecular complexity index is 460. The van der Waals surface area contributed by atoms with Crippen LogP contribution in [0.4, 0.5) is 0 Å². The highest BCUT2D eigenvalue weighted by atomic mass is 32.2. The number of thioether (sulfide) groups is 1. The zero-order valence-corrected chi connectivity index (χ0v) is 10.9. The van der Waals surface area contributed by atoms with Gasteiger partial charge in [0.1, 0.15) is 5.03 Å². The predicted molar refractivity (Wildman–Crippen MR) is 69.5 cm³/mol. The van der Waals surface area contributed by atoms with Gasteiger partial charge in [-0.1, -0.05) is 0 Å². The first-order chi connectivity index (χ1) is 8.70. The smallest absolute Gasteiger partial charge is 0.254 e. The van der Waals surface area contributed by atoms with Gasteiger partial charge in [0, 0.05) is 12.2 Å².